The van der Waals surface area contributed by atoms with Gasteiger partial charge in [0.15, 0.2) is 5.11 Å². The molecule has 0 saturated heterocycles. The Hall–Kier alpha value is -3.18. The number of fused-ring (bicyclic) bond motifs is 1. The first kappa shape index (κ1) is 20.1. The second kappa shape index (κ2) is 9.09. The number of aryl methyl sites for hydroxylation is 2. The smallest absolute Gasteiger partial charge is 0.173 e. The average molecular weight is 415 g/mol. The van der Waals surface area contributed by atoms with Gasteiger partial charge < -0.3 is 15.2 Å². The molecular weight excluding hydrogens is 388 g/mol. The lowest BCUT2D eigenvalue weighted by atomic mass is 10.1. The summed E-state index contributed by atoms with van der Waals surface area (Å²) in [6.07, 6.45) is 4.61. The van der Waals surface area contributed by atoms with Gasteiger partial charge >= 0.3 is 0 Å². The van der Waals surface area contributed by atoms with Crippen LogP contribution in [0, 0.1) is 13.8 Å². The number of H-pyrrole nitrogens is 1. The van der Waals surface area contributed by atoms with Gasteiger partial charge in [-0.3, -0.25) is 4.98 Å². The van der Waals surface area contributed by atoms with Crippen molar-refractivity contribution < 1.29 is 0 Å². The number of hydrogen-bond acceptors (Lipinski definition) is 2. The molecule has 5 heteroatoms. The lowest BCUT2D eigenvalue weighted by Crippen LogP contribution is -2.36. The standard InChI is InChI=1S/C25H26N4S/c1-18-7-5-9-21(15-18)28-25(30)29(17-20-8-6-13-26-16-20)14-12-22-19(2)27-24-11-4-3-10-23(22)24/h3-11,13,15-16,27H,12,14,17H2,1-2H3,(H,28,30). The Bertz CT molecular complexity index is 1150. The van der Waals surface area contributed by atoms with Gasteiger partial charge in [-0.15, -0.1) is 0 Å². The maximum absolute atomic E-state index is 5.81. The molecule has 0 aliphatic heterocycles. The van der Waals surface area contributed by atoms with E-state index in [-0.39, 0.29) is 0 Å². The average Bonchev–Trinajstić information content (AvgIpc) is 3.07. The van der Waals surface area contributed by atoms with Gasteiger partial charge in [-0.25, -0.2) is 0 Å². The van der Waals surface area contributed by atoms with Crippen LogP contribution in [-0.4, -0.2) is 26.5 Å². The molecule has 4 rings (SSSR count). The number of nitrogens with zero attached hydrogens (tertiary/aromatic N) is 2. The van der Waals surface area contributed by atoms with Gasteiger partial charge in [0.2, 0.25) is 0 Å². The summed E-state index contributed by atoms with van der Waals surface area (Å²) < 4.78 is 0. The van der Waals surface area contributed by atoms with Crippen molar-refractivity contribution in [1.29, 1.82) is 0 Å². The minimum atomic E-state index is 0.715. The number of benzene rings is 2. The molecule has 2 N–H and O–H groups in total. The summed E-state index contributed by atoms with van der Waals surface area (Å²) in [5.74, 6) is 0. The van der Waals surface area contributed by atoms with E-state index in [9.17, 15) is 0 Å². The van der Waals surface area contributed by atoms with Crippen LogP contribution >= 0.6 is 12.2 Å². The van der Waals surface area contributed by atoms with Crippen LogP contribution in [0.5, 0.6) is 0 Å². The predicted octanol–water partition coefficient (Wildman–Crippen LogP) is 5.62. The van der Waals surface area contributed by atoms with Gasteiger partial charge in [0, 0.05) is 47.8 Å². The molecule has 2 aromatic carbocycles. The number of aromatic amines is 1. The normalized spacial score (nSPS) is 10.9. The zero-order chi connectivity index (χ0) is 20.9. The van der Waals surface area contributed by atoms with Crippen LogP contribution < -0.4 is 5.32 Å². The minimum Gasteiger partial charge on any atom is -0.358 e. The maximum Gasteiger partial charge on any atom is 0.173 e. The third-order valence-corrected chi connectivity index (χ3v) is 5.67. The van der Waals surface area contributed by atoms with Crippen LogP contribution in [0.1, 0.15) is 22.4 Å². The van der Waals surface area contributed by atoms with E-state index in [4.69, 9.17) is 12.2 Å². The van der Waals surface area contributed by atoms with Crippen LogP contribution in [0.4, 0.5) is 5.69 Å². The van der Waals surface area contributed by atoms with E-state index in [1.54, 1.807) is 6.20 Å². The van der Waals surface area contributed by atoms with E-state index in [0.29, 0.717) is 6.54 Å². The van der Waals surface area contributed by atoms with Crippen molar-refractivity contribution in [2.45, 2.75) is 26.8 Å². The highest BCUT2D eigenvalue weighted by molar-refractivity contribution is 7.80. The number of para-hydroxylation sites is 1. The molecule has 0 aliphatic rings. The quantitative estimate of drug-likeness (QED) is 0.402. The predicted molar refractivity (Wildman–Crippen MR) is 129 cm³/mol. The molecule has 4 aromatic rings. The molecule has 2 aromatic heterocycles. The topological polar surface area (TPSA) is 44.0 Å². The zero-order valence-corrected chi connectivity index (χ0v) is 18.2. The van der Waals surface area contributed by atoms with Crippen molar-refractivity contribution in [1.82, 2.24) is 14.9 Å². The first-order valence-corrected chi connectivity index (χ1v) is 10.6. The fourth-order valence-corrected chi connectivity index (χ4v) is 4.07. The molecule has 30 heavy (non-hydrogen) atoms. The number of thiocarbonyl (C=S) groups is 1. The van der Waals surface area contributed by atoms with Crippen LogP contribution in [0.2, 0.25) is 0 Å². The second-order valence-corrected chi connectivity index (χ2v) is 7.99. The molecule has 0 aliphatic carbocycles. The van der Waals surface area contributed by atoms with Crippen LogP contribution in [0.25, 0.3) is 10.9 Å². The number of anilines is 1. The summed E-state index contributed by atoms with van der Waals surface area (Å²) in [5.41, 5.74) is 7.11. The first-order chi connectivity index (χ1) is 14.6. The Morgan fingerprint density at radius 1 is 1.07 bits per heavy atom. The largest absolute Gasteiger partial charge is 0.358 e. The van der Waals surface area contributed by atoms with Crippen molar-refractivity contribution in [2.24, 2.45) is 0 Å². The molecule has 0 unspecified atom stereocenters. The van der Waals surface area contributed by atoms with Gasteiger partial charge in [-0.1, -0.05) is 36.4 Å². The summed E-state index contributed by atoms with van der Waals surface area (Å²) >= 11 is 5.81. The molecule has 2 heterocycles. The minimum absolute atomic E-state index is 0.715. The molecule has 0 fully saturated rings. The first-order valence-electron chi connectivity index (χ1n) is 10.2. The zero-order valence-electron chi connectivity index (χ0n) is 17.4. The highest BCUT2D eigenvalue weighted by Gasteiger charge is 2.14. The number of hydrogen-bond donors (Lipinski definition) is 2. The summed E-state index contributed by atoms with van der Waals surface area (Å²) in [6.45, 7) is 5.76. The molecule has 0 spiro atoms. The maximum atomic E-state index is 5.81. The molecule has 0 radical (unpaired) electrons. The van der Waals surface area contributed by atoms with Crippen molar-refractivity contribution in [2.75, 3.05) is 11.9 Å². The number of pyridine rings is 1. The summed E-state index contributed by atoms with van der Waals surface area (Å²) in [7, 11) is 0. The Morgan fingerprint density at radius 2 is 1.93 bits per heavy atom. The fraction of sp³-hybridized carbons (Fsp3) is 0.200. The summed E-state index contributed by atoms with van der Waals surface area (Å²) in [5, 5.41) is 5.42. The van der Waals surface area contributed by atoms with Crippen molar-refractivity contribution in [3.05, 3.63) is 95.4 Å². The van der Waals surface area contributed by atoms with Crippen molar-refractivity contribution >= 4 is 33.9 Å². The lowest BCUT2D eigenvalue weighted by molar-refractivity contribution is 0.422. The molecular formula is C25H26N4S. The van der Waals surface area contributed by atoms with Gasteiger partial charge in [-0.2, -0.15) is 0 Å². The highest BCUT2D eigenvalue weighted by atomic mass is 32.1. The lowest BCUT2D eigenvalue weighted by Gasteiger charge is -2.26. The third kappa shape index (κ3) is 4.69. The summed E-state index contributed by atoms with van der Waals surface area (Å²) in [6, 6.07) is 20.8. The van der Waals surface area contributed by atoms with Gasteiger partial charge in [-0.05, 0) is 73.4 Å². The third-order valence-electron chi connectivity index (χ3n) is 5.31. The Balaban J connectivity index is 1.55. The van der Waals surface area contributed by atoms with Crippen molar-refractivity contribution in [3.8, 4) is 0 Å². The van der Waals surface area contributed by atoms with E-state index >= 15 is 0 Å². The van der Waals surface area contributed by atoms with Crippen LogP contribution in [0.3, 0.4) is 0 Å². The summed E-state index contributed by atoms with van der Waals surface area (Å²) in [4.78, 5) is 9.98. The van der Waals surface area contributed by atoms with Gasteiger partial charge in [0.1, 0.15) is 0 Å². The Morgan fingerprint density at radius 3 is 2.73 bits per heavy atom. The number of rotatable bonds is 6. The van der Waals surface area contributed by atoms with Crippen molar-refractivity contribution in [3.63, 3.8) is 0 Å². The number of aromatic nitrogens is 2. The highest BCUT2D eigenvalue weighted by Crippen LogP contribution is 2.23. The van der Waals surface area contributed by atoms with Crippen LogP contribution in [-0.2, 0) is 13.0 Å². The van der Waals surface area contributed by atoms with E-state index in [1.807, 2.05) is 24.4 Å². The molecule has 4 nitrogen and oxygen atoms in total. The Kier molecular flexibility index (Phi) is 6.10. The fourth-order valence-electron chi connectivity index (χ4n) is 3.79. The Labute approximate surface area is 183 Å². The molecule has 0 atom stereocenters. The number of nitrogens with one attached hydrogen (secondary N) is 2. The van der Waals surface area contributed by atoms with Gasteiger partial charge in [0.25, 0.3) is 0 Å². The van der Waals surface area contributed by atoms with E-state index in [2.05, 4.69) is 76.5 Å². The molecule has 0 amide bonds. The SMILES string of the molecule is Cc1cccc(NC(=S)N(CCc2c(C)[nH]c3ccccc23)Cc2cccnc2)c1. The van der Waals surface area contributed by atoms with E-state index < -0.39 is 0 Å². The van der Waals surface area contributed by atoms with Crippen LogP contribution in [0.15, 0.2) is 73.1 Å². The molecule has 152 valence electrons. The van der Waals surface area contributed by atoms with E-state index in [1.165, 1.54) is 27.7 Å². The van der Waals surface area contributed by atoms with E-state index in [0.717, 1.165) is 29.3 Å². The molecule has 0 bridgehead atoms. The van der Waals surface area contributed by atoms with Gasteiger partial charge in [0.05, 0.1) is 0 Å². The monoisotopic (exact) mass is 414 g/mol. The molecule has 0 saturated carbocycles. The second-order valence-electron chi connectivity index (χ2n) is 7.61.